The summed E-state index contributed by atoms with van der Waals surface area (Å²) in [6, 6.07) is 8.87. The Bertz CT molecular complexity index is 1240. The zero-order valence-corrected chi connectivity index (χ0v) is 18.2. The molecule has 0 saturated carbocycles. The highest BCUT2D eigenvalue weighted by molar-refractivity contribution is 7.89. The van der Waals surface area contributed by atoms with Crippen LogP contribution in [0.1, 0.15) is 18.4 Å². The first-order chi connectivity index (χ1) is 14.3. The van der Waals surface area contributed by atoms with Gasteiger partial charge in [0.05, 0.1) is 12.6 Å². The maximum Gasteiger partial charge on any atom is 0.330 e. The highest BCUT2D eigenvalue weighted by atomic mass is 32.2. The number of benzene rings is 1. The number of methoxy groups -OCH3 is 1. The third-order valence-electron chi connectivity index (χ3n) is 5.85. The van der Waals surface area contributed by atoms with Crippen LogP contribution < -0.4 is 10.4 Å². The zero-order chi connectivity index (χ0) is 21.5. The minimum Gasteiger partial charge on any atom is -0.495 e. The van der Waals surface area contributed by atoms with Crippen molar-refractivity contribution in [1.29, 1.82) is 0 Å². The second-order valence-electron chi connectivity index (χ2n) is 7.80. The van der Waals surface area contributed by atoms with Crippen molar-refractivity contribution in [2.45, 2.75) is 31.2 Å². The van der Waals surface area contributed by atoms with Crippen molar-refractivity contribution in [3.05, 3.63) is 52.6 Å². The number of pyridine rings is 1. The minimum absolute atomic E-state index is 0.0942. The Kier molecular flexibility index (Phi) is 5.42. The van der Waals surface area contributed by atoms with Crippen LogP contribution in [0.15, 0.2) is 46.2 Å². The first-order valence-corrected chi connectivity index (χ1v) is 11.4. The summed E-state index contributed by atoms with van der Waals surface area (Å²) in [5, 5.41) is 0. The van der Waals surface area contributed by atoms with Crippen molar-refractivity contribution < 1.29 is 13.2 Å². The van der Waals surface area contributed by atoms with Crippen LogP contribution in [0.25, 0.3) is 11.2 Å². The summed E-state index contributed by atoms with van der Waals surface area (Å²) in [5.41, 5.74) is 2.24. The Morgan fingerprint density at radius 1 is 1.20 bits per heavy atom. The summed E-state index contributed by atoms with van der Waals surface area (Å²) in [6.07, 6.45) is 3.05. The number of piperidine rings is 1. The number of aromatic nitrogens is 3. The van der Waals surface area contributed by atoms with Crippen molar-refractivity contribution in [2.24, 2.45) is 13.0 Å². The molecule has 0 spiro atoms. The zero-order valence-electron chi connectivity index (χ0n) is 17.4. The molecule has 0 amide bonds. The van der Waals surface area contributed by atoms with E-state index in [1.54, 1.807) is 34.5 Å². The number of nitrogens with zero attached hydrogens (tertiary/aromatic N) is 4. The number of hydrogen-bond acceptors (Lipinski definition) is 5. The fourth-order valence-electron chi connectivity index (χ4n) is 4.11. The van der Waals surface area contributed by atoms with Gasteiger partial charge >= 0.3 is 5.69 Å². The van der Waals surface area contributed by atoms with Gasteiger partial charge in [-0.05, 0) is 55.5 Å². The molecule has 2 aromatic heterocycles. The Labute approximate surface area is 175 Å². The normalized spacial score (nSPS) is 16.2. The molecule has 3 aromatic rings. The molecule has 30 heavy (non-hydrogen) atoms. The Morgan fingerprint density at radius 3 is 2.63 bits per heavy atom. The minimum atomic E-state index is -3.64. The van der Waals surface area contributed by atoms with E-state index in [1.165, 1.54) is 11.4 Å². The predicted octanol–water partition coefficient (Wildman–Crippen LogP) is 2.15. The van der Waals surface area contributed by atoms with Gasteiger partial charge in [-0.2, -0.15) is 4.31 Å². The molecule has 1 aliphatic heterocycles. The van der Waals surface area contributed by atoms with Crippen LogP contribution in [-0.2, 0) is 23.6 Å². The fourth-order valence-corrected chi connectivity index (χ4v) is 5.82. The van der Waals surface area contributed by atoms with Gasteiger partial charge in [-0.15, -0.1) is 0 Å². The molecule has 0 atom stereocenters. The van der Waals surface area contributed by atoms with Gasteiger partial charge in [-0.3, -0.25) is 9.13 Å². The van der Waals surface area contributed by atoms with Gasteiger partial charge in [0.25, 0.3) is 0 Å². The van der Waals surface area contributed by atoms with Crippen LogP contribution in [0.3, 0.4) is 0 Å². The molecule has 3 heterocycles. The molecule has 0 N–H and O–H groups in total. The first kappa shape index (κ1) is 20.6. The molecule has 0 bridgehead atoms. The molecular weight excluding hydrogens is 404 g/mol. The molecule has 8 nitrogen and oxygen atoms in total. The van der Waals surface area contributed by atoms with Crippen molar-refractivity contribution >= 4 is 21.2 Å². The van der Waals surface area contributed by atoms with Crippen LogP contribution in [0.5, 0.6) is 5.75 Å². The molecule has 4 rings (SSSR count). The van der Waals surface area contributed by atoms with Gasteiger partial charge in [-0.25, -0.2) is 18.2 Å². The van der Waals surface area contributed by atoms with Gasteiger partial charge in [0.2, 0.25) is 10.0 Å². The Hall–Kier alpha value is -2.65. The second kappa shape index (κ2) is 7.88. The van der Waals surface area contributed by atoms with E-state index in [-0.39, 0.29) is 16.5 Å². The van der Waals surface area contributed by atoms with E-state index in [1.807, 2.05) is 25.1 Å². The number of sulfonamides is 1. The van der Waals surface area contributed by atoms with Gasteiger partial charge in [0.15, 0.2) is 5.65 Å². The standard InChI is InChI=1S/C21H26N4O4S/c1-15-6-7-18(29-3)19(13-15)30(27,28)24-11-8-16(9-12-24)14-25-20-17(5-4-10-22-20)23(2)21(25)26/h4-7,10,13,16H,8-9,11-12,14H2,1-3H3. The summed E-state index contributed by atoms with van der Waals surface area (Å²) in [6.45, 7) is 3.23. The molecule has 0 radical (unpaired) electrons. The number of rotatable bonds is 5. The summed E-state index contributed by atoms with van der Waals surface area (Å²) in [7, 11) is -0.418. The molecule has 1 fully saturated rings. The lowest BCUT2D eigenvalue weighted by molar-refractivity contribution is 0.252. The molecule has 1 aliphatic rings. The molecule has 160 valence electrons. The summed E-state index contributed by atoms with van der Waals surface area (Å²) in [4.78, 5) is 17.2. The maximum absolute atomic E-state index is 13.2. The smallest absolute Gasteiger partial charge is 0.330 e. The Balaban J connectivity index is 1.52. The van der Waals surface area contributed by atoms with Gasteiger partial charge in [-0.1, -0.05) is 6.07 Å². The largest absolute Gasteiger partial charge is 0.495 e. The van der Waals surface area contributed by atoms with Gasteiger partial charge in [0.1, 0.15) is 10.6 Å². The van der Waals surface area contributed by atoms with Crippen molar-refractivity contribution in [2.75, 3.05) is 20.2 Å². The maximum atomic E-state index is 13.2. The quantitative estimate of drug-likeness (QED) is 0.619. The van der Waals surface area contributed by atoms with Crippen molar-refractivity contribution in [3.8, 4) is 5.75 Å². The van der Waals surface area contributed by atoms with E-state index in [0.29, 0.717) is 43.9 Å². The summed E-state index contributed by atoms with van der Waals surface area (Å²) < 4.78 is 36.5. The monoisotopic (exact) mass is 430 g/mol. The van der Waals surface area contributed by atoms with Crippen LogP contribution >= 0.6 is 0 Å². The molecule has 1 aromatic carbocycles. The topological polar surface area (TPSA) is 86.4 Å². The number of fused-ring (bicyclic) bond motifs is 1. The SMILES string of the molecule is COc1ccc(C)cc1S(=O)(=O)N1CCC(Cn2c(=O)n(C)c3cccnc32)CC1. The van der Waals surface area contributed by atoms with Crippen molar-refractivity contribution in [3.63, 3.8) is 0 Å². The molecule has 0 aliphatic carbocycles. The molecule has 0 unspecified atom stereocenters. The number of hydrogen-bond donors (Lipinski definition) is 0. The van der Waals surface area contributed by atoms with Crippen LogP contribution in [0, 0.1) is 12.8 Å². The van der Waals surface area contributed by atoms with E-state index < -0.39 is 10.0 Å². The number of imidazole rings is 1. The number of ether oxygens (including phenoxy) is 1. The average Bonchev–Trinajstić information content (AvgIpc) is 2.99. The molecular formula is C21H26N4O4S. The van der Waals surface area contributed by atoms with E-state index in [0.717, 1.165) is 11.1 Å². The van der Waals surface area contributed by atoms with Gasteiger partial charge in [0, 0.05) is 32.9 Å². The van der Waals surface area contributed by atoms with Crippen LogP contribution in [0.4, 0.5) is 0 Å². The average molecular weight is 431 g/mol. The third kappa shape index (κ3) is 3.52. The van der Waals surface area contributed by atoms with Crippen LogP contribution in [-0.4, -0.2) is 47.0 Å². The van der Waals surface area contributed by atoms with E-state index in [9.17, 15) is 13.2 Å². The third-order valence-corrected chi connectivity index (χ3v) is 7.77. The molecule has 1 saturated heterocycles. The summed E-state index contributed by atoms with van der Waals surface area (Å²) >= 11 is 0. The Morgan fingerprint density at radius 2 is 1.93 bits per heavy atom. The highest BCUT2D eigenvalue weighted by Gasteiger charge is 2.32. The lowest BCUT2D eigenvalue weighted by Gasteiger charge is -2.31. The fraction of sp³-hybridized carbons (Fsp3) is 0.429. The second-order valence-corrected chi connectivity index (χ2v) is 9.71. The highest BCUT2D eigenvalue weighted by Crippen LogP contribution is 2.31. The van der Waals surface area contributed by atoms with Crippen LogP contribution in [0.2, 0.25) is 0 Å². The van der Waals surface area contributed by atoms with E-state index in [4.69, 9.17) is 4.74 Å². The lowest BCUT2D eigenvalue weighted by atomic mass is 9.98. The first-order valence-electron chi connectivity index (χ1n) is 9.98. The molecule has 9 heteroatoms. The van der Waals surface area contributed by atoms with Crippen molar-refractivity contribution in [1.82, 2.24) is 18.4 Å². The lowest BCUT2D eigenvalue weighted by Crippen LogP contribution is -2.40. The summed E-state index contributed by atoms with van der Waals surface area (Å²) in [5.74, 6) is 0.567. The number of aryl methyl sites for hydroxylation is 2. The predicted molar refractivity (Wildman–Crippen MR) is 114 cm³/mol. The van der Waals surface area contributed by atoms with E-state index in [2.05, 4.69) is 4.98 Å². The van der Waals surface area contributed by atoms with E-state index >= 15 is 0 Å². The van der Waals surface area contributed by atoms with Gasteiger partial charge < -0.3 is 4.74 Å².